The van der Waals surface area contributed by atoms with Gasteiger partial charge in [0, 0.05) is 17.1 Å². The number of carbonyl (C=O) groups is 1. The molecule has 2 aromatic rings. The number of carbonyl (C=O) groups excluding carboxylic acids is 1. The summed E-state index contributed by atoms with van der Waals surface area (Å²) in [7, 11) is 0. The fraction of sp³-hybridized carbons (Fsp3) is 0.312. The van der Waals surface area contributed by atoms with E-state index in [-0.39, 0.29) is 5.91 Å². The molecule has 0 saturated heterocycles. The van der Waals surface area contributed by atoms with Crippen LogP contribution >= 0.6 is 11.3 Å². The summed E-state index contributed by atoms with van der Waals surface area (Å²) in [6, 6.07) is 9.89. The Labute approximate surface area is 124 Å². The maximum atomic E-state index is 12.2. The number of hydrogen-bond acceptors (Lipinski definition) is 3. The quantitative estimate of drug-likeness (QED) is 0.880. The summed E-state index contributed by atoms with van der Waals surface area (Å²) in [6.45, 7) is 7.89. The lowest BCUT2D eigenvalue weighted by atomic mass is 10.2. The van der Waals surface area contributed by atoms with Gasteiger partial charge in [0.1, 0.15) is 0 Å². The van der Waals surface area contributed by atoms with Crippen molar-refractivity contribution in [2.45, 2.75) is 27.3 Å². The zero-order chi connectivity index (χ0) is 14.5. The Bertz CT molecular complexity index is 585. The van der Waals surface area contributed by atoms with Gasteiger partial charge in [0.05, 0.1) is 4.88 Å². The van der Waals surface area contributed by atoms with E-state index >= 15 is 0 Å². The van der Waals surface area contributed by atoms with Gasteiger partial charge >= 0.3 is 0 Å². The molecule has 1 amide bonds. The zero-order valence-electron chi connectivity index (χ0n) is 12.1. The van der Waals surface area contributed by atoms with Crippen LogP contribution in [-0.2, 0) is 6.54 Å². The normalized spacial score (nSPS) is 10.6. The molecule has 0 aliphatic rings. The van der Waals surface area contributed by atoms with Gasteiger partial charge in [-0.25, -0.2) is 0 Å². The zero-order valence-corrected chi connectivity index (χ0v) is 12.9. The van der Waals surface area contributed by atoms with Gasteiger partial charge in [0.2, 0.25) is 0 Å². The molecule has 1 aromatic carbocycles. The molecule has 4 heteroatoms. The minimum atomic E-state index is -0.0354. The minimum Gasteiger partial charge on any atom is -0.321 e. The van der Waals surface area contributed by atoms with Crippen molar-refractivity contribution in [1.82, 2.24) is 5.32 Å². The van der Waals surface area contributed by atoms with E-state index < -0.39 is 0 Å². The van der Waals surface area contributed by atoms with Gasteiger partial charge in [0.15, 0.2) is 0 Å². The molecule has 20 heavy (non-hydrogen) atoms. The molecule has 106 valence electrons. The highest BCUT2D eigenvalue weighted by Gasteiger charge is 2.10. The molecule has 1 aromatic heterocycles. The lowest BCUT2D eigenvalue weighted by Crippen LogP contribution is -2.13. The summed E-state index contributed by atoms with van der Waals surface area (Å²) in [4.78, 5) is 14.1. The van der Waals surface area contributed by atoms with Gasteiger partial charge in [-0.2, -0.15) is 0 Å². The molecule has 2 rings (SSSR count). The number of thiophene rings is 1. The number of anilines is 1. The van der Waals surface area contributed by atoms with Crippen LogP contribution in [0.25, 0.3) is 0 Å². The second-order valence-electron chi connectivity index (χ2n) is 4.78. The third-order valence-corrected chi connectivity index (χ3v) is 4.31. The summed E-state index contributed by atoms with van der Waals surface area (Å²) in [5, 5.41) is 6.24. The SMILES string of the molecule is CCNCc1cccc(NC(=O)c2cc(C)c(C)s2)c1. The summed E-state index contributed by atoms with van der Waals surface area (Å²) in [6.07, 6.45) is 0. The number of aryl methyl sites for hydroxylation is 2. The Morgan fingerprint density at radius 3 is 2.70 bits per heavy atom. The molecule has 0 fully saturated rings. The number of rotatable bonds is 5. The maximum Gasteiger partial charge on any atom is 0.265 e. The first-order chi connectivity index (χ1) is 9.60. The standard InChI is InChI=1S/C16H20N2OS/c1-4-17-10-13-6-5-7-14(9-13)18-16(19)15-8-11(2)12(3)20-15/h5-9,17H,4,10H2,1-3H3,(H,18,19). The average Bonchev–Trinajstić information content (AvgIpc) is 2.77. The summed E-state index contributed by atoms with van der Waals surface area (Å²) in [5.41, 5.74) is 3.18. The number of nitrogens with one attached hydrogen (secondary N) is 2. The van der Waals surface area contributed by atoms with Crippen molar-refractivity contribution in [3.8, 4) is 0 Å². The smallest absolute Gasteiger partial charge is 0.265 e. The van der Waals surface area contributed by atoms with Crippen molar-refractivity contribution < 1.29 is 4.79 Å². The molecule has 0 bridgehead atoms. The van der Waals surface area contributed by atoms with Crippen LogP contribution in [0.1, 0.15) is 32.6 Å². The Balaban J connectivity index is 2.07. The first-order valence-electron chi connectivity index (χ1n) is 6.78. The van der Waals surface area contributed by atoms with Gasteiger partial charge < -0.3 is 10.6 Å². The molecule has 0 atom stereocenters. The third-order valence-electron chi connectivity index (χ3n) is 3.15. The van der Waals surface area contributed by atoms with E-state index in [9.17, 15) is 4.79 Å². The Morgan fingerprint density at radius 1 is 1.25 bits per heavy atom. The third kappa shape index (κ3) is 3.68. The monoisotopic (exact) mass is 288 g/mol. The molecular formula is C16H20N2OS. The highest BCUT2D eigenvalue weighted by atomic mass is 32.1. The van der Waals surface area contributed by atoms with Crippen LogP contribution in [0.3, 0.4) is 0 Å². The van der Waals surface area contributed by atoms with Crippen LogP contribution < -0.4 is 10.6 Å². The molecule has 1 heterocycles. The second kappa shape index (κ2) is 6.68. The summed E-state index contributed by atoms with van der Waals surface area (Å²) in [5.74, 6) is -0.0354. The first-order valence-corrected chi connectivity index (χ1v) is 7.60. The first kappa shape index (κ1) is 14.8. The van der Waals surface area contributed by atoms with E-state index in [1.54, 1.807) is 0 Å². The lowest BCUT2D eigenvalue weighted by molar-refractivity contribution is 0.103. The van der Waals surface area contributed by atoms with Crippen LogP contribution in [0.15, 0.2) is 30.3 Å². The predicted molar refractivity (Wildman–Crippen MR) is 85.6 cm³/mol. The van der Waals surface area contributed by atoms with Crippen LogP contribution in [0, 0.1) is 13.8 Å². The molecular weight excluding hydrogens is 268 g/mol. The topological polar surface area (TPSA) is 41.1 Å². The molecule has 0 radical (unpaired) electrons. The van der Waals surface area contributed by atoms with Gasteiger partial charge in [-0.15, -0.1) is 11.3 Å². The van der Waals surface area contributed by atoms with Gasteiger partial charge in [0.25, 0.3) is 5.91 Å². The molecule has 0 unspecified atom stereocenters. The van der Waals surface area contributed by atoms with Crippen LogP contribution in [-0.4, -0.2) is 12.5 Å². The van der Waals surface area contributed by atoms with E-state index in [0.717, 1.165) is 23.7 Å². The van der Waals surface area contributed by atoms with E-state index in [2.05, 4.69) is 23.6 Å². The van der Waals surface area contributed by atoms with Crippen molar-refractivity contribution in [2.24, 2.45) is 0 Å². The molecule has 3 nitrogen and oxygen atoms in total. The van der Waals surface area contributed by atoms with Crippen molar-refractivity contribution in [2.75, 3.05) is 11.9 Å². The van der Waals surface area contributed by atoms with Crippen LogP contribution in [0.5, 0.6) is 0 Å². The minimum absolute atomic E-state index is 0.0354. The average molecular weight is 288 g/mol. The van der Waals surface area contributed by atoms with E-state index in [1.165, 1.54) is 27.3 Å². The maximum absolute atomic E-state index is 12.2. The Kier molecular flexibility index (Phi) is 4.93. The van der Waals surface area contributed by atoms with Crippen molar-refractivity contribution >= 4 is 22.9 Å². The van der Waals surface area contributed by atoms with Crippen molar-refractivity contribution in [3.63, 3.8) is 0 Å². The van der Waals surface area contributed by atoms with Gasteiger partial charge in [-0.1, -0.05) is 19.1 Å². The highest BCUT2D eigenvalue weighted by Crippen LogP contribution is 2.22. The Morgan fingerprint density at radius 2 is 2.05 bits per heavy atom. The highest BCUT2D eigenvalue weighted by molar-refractivity contribution is 7.14. The lowest BCUT2D eigenvalue weighted by Gasteiger charge is -2.07. The van der Waals surface area contributed by atoms with E-state index in [4.69, 9.17) is 0 Å². The number of hydrogen-bond donors (Lipinski definition) is 2. The molecule has 2 N–H and O–H groups in total. The predicted octanol–water partition coefficient (Wildman–Crippen LogP) is 3.73. The molecule has 0 saturated carbocycles. The fourth-order valence-electron chi connectivity index (χ4n) is 1.91. The molecule has 0 aliphatic carbocycles. The van der Waals surface area contributed by atoms with E-state index in [1.807, 2.05) is 38.1 Å². The fourth-order valence-corrected chi connectivity index (χ4v) is 2.84. The number of amides is 1. The largest absolute Gasteiger partial charge is 0.321 e. The molecule has 0 aliphatic heterocycles. The second-order valence-corrected chi connectivity index (χ2v) is 6.04. The Hall–Kier alpha value is -1.65. The number of benzene rings is 1. The van der Waals surface area contributed by atoms with Crippen molar-refractivity contribution in [3.05, 3.63) is 51.2 Å². The van der Waals surface area contributed by atoms with E-state index in [0.29, 0.717) is 0 Å². The van der Waals surface area contributed by atoms with Crippen molar-refractivity contribution in [1.29, 1.82) is 0 Å². The van der Waals surface area contributed by atoms with Gasteiger partial charge in [-0.3, -0.25) is 4.79 Å². The van der Waals surface area contributed by atoms with Crippen LogP contribution in [0.2, 0.25) is 0 Å². The summed E-state index contributed by atoms with van der Waals surface area (Å²) < 4.78 is 0. The van der Waals surface area contributed by atoms with Gasteiger partial charge in [-0.05, 0) is 49.7 Å². The summed E-state index contributed by atoms with van der Waals surface area (Å²) >= 11 is 1.54. The van der Waals surface area contributed by atoms with Crippen LogP contribution in [0.4, 0.5) is 5.69 Å². The molecule has 0 spiro atoms.